The van der Waals surface area contributed by atoms with Crippen LogP contribution in [0.25, 0.3) is 0 Å². The summed E-state index contributed by atoms with van der Waals surface area (Å²) in [6.45, 7) is 6.63. The highest BCUT2D eigenvalue weighted by Crippen LogP contribution is 2.16. The molecule has 0 saturated carbocycles. The lowest BCUT2D eigenvalue weighted by Gasteiger charge is -2.18. The molecule has 0 saturated heterocycles. The highest BCUT2D eigenvalue weighted by atomic mass is 16.6. The number of carbonyl (C=O) groups excluding carboxylic acids is 3. The molecule has 0 aliphatic carbocycles. The number of ether oxygens (including phenoxy) is 3. The lowest BCUT2D eigenvalue weighted by molar-refractivity contribution is -0.167. The van der Waals surface area contributed by atoms with Crippen molar-refractivity contribution in [3.05, 3.63) is 60.8 Å². The number of hydrogen-bond donors (Lipinski definition) is 0. The molecule has 0 aromatic heterocycles. The van der Waals surface area contributed by atoms with Crippen LogP contribution in [0.3, 0.4) is 0 Å². The maximum Gasteiger partial charge on any atom is 0.306 e. The fourth-order valence-electron chi connectivity index (χ4n) is 9.01. The molecule has 418 valence electrons. The second kappa shape index (κ2) is 60.7. The first-order chi connectivity index (χ1) is 35.5. The van der Waals surface area contributed by atoms with E-state index in [-0.39, 0.29) is 31.1 Å². The van der Waals surface area contributed by atoms with Crippen molar-refractivity contribution in [2.24, 2.45) is 0 Å². The van der Waals surface area contributed by atoms with Crippen molar-refractivity contribution < 1.29 is 28.6 Å². The molecule has 1 atom stereocenters. The van der Waals surface area contributed by atoms with Gasteiger partial charge in [0.15, 0.2) is 6.10 Å². The second-order valence-corrected chi connectivity index (χ2v) is 21.0. The van der Waals surface area contributed by atoms with Gasteiger partial charge in [-0.25, -0.2) is 0 Å². The fraction of sp³-hybridized carbons (Fsp3) is 0.803. The molecule has 0 bridgehead atoms. The fourth-order valence-corrected chi connectivity index (χ4v) is 9.01. The van der Waals surface area contributed by atoms with Crippen LogP contribution in [0.2, 0.25) is 0 Å². The maximum absolute atomic E-state index is 12.9. The predicted octanol–water partition coefficient (Wildman–Crippen LogP) is 21.2. The van der Waals surface area contributed by atoms with Crippen LogP contribution in [-0.2, 0) is 28.6 Å². The number of hydrogen-bond acceptors (Lipinski definition) is 6. The van der Waals surface area contributed by atoms with Crippen molar-refractivity contribution in [1.29, 1.82) is 0 Å². The topological polar surface area (TPSA) is 78.9 Å². The zero-order valence-corrected chi connectivity index (χ0v) is 47.9. The largest absolute Gasteiger partial charge is 0.462 e. The summed E-state index contributed by atoms with van der Waals surface area (Å²) in [5, 5.41) is 0. The molecule has 0 aromatic carbocycles. The first kappa shape index (κ1) is 69.1. The molecule has 0 N–H and O–H groups in total. The minimum Gasteiger partial charge on any atom is -0.462 e. The van der Waals surface area contributed by atoms with Gasteiger partial charge in [0, 0.05) is 19.3 Å². The number of esters is 3. The molecule has 6 heteroatoms. The van der Waals surface area contributed by atoms with Crippen LogP contribution in [0.4, 0.5) is 0 Å². The van der Waals surface area contributed by atoms with Gasteiger partial charge in [-0.15, -0.1) is 0 Å². The standard InChI is InChI=1S/C66H118O6/c1-4-7-10-13-16-19-22-25-28-30-31-32-33-34-35-36-39-41-44-47-50-53-56-59-65(68)71-62-63(61-70-64(67)58-55-52-49-46-43-40-37-27-24-21-18-15-12-9-6-3)72-66(69)60-57-54-51-48-45-42-38-29-26-23-20-17-14-11-8-5-2/h20,22-23,25,29-31,33-34,38,63H,4-19,21,24,26-28,32,35-37,39-62H2,1-3H3/b23-20-,25-22-,31-30-,34-33-,38-29-. The maximum atomic E-state index is 12.9. The summed E-state index contributed by atoms with van der Waals surface area (Å²) < 4.78 is 16.9. The van der Waals surface area contributed by atoms with Gasteiger partial charge in [-0.05, 0) is 89.9 Å². The zero-order valence-electron chi connectivity index (χ0n) is 47.9. The average molecular weight is 1010 g/mol. The second-order valence-electron chi connectivity index (χ2n) is 21.0. The van der Waals surface area contributed by atoms with Crippen molar-refractivity contribution in [2.45, 2.75) is 329 Å². The number of rotatable bonds is 57. The minimum atomic E-state index is -0.784. The average Bonchev–Trinajstić information content (AvgIpc) is 3.38. The van der Waals surface area contributed by atoms with E-state index in [9.17, 15) is 14.4 Å². The van der Waals surface area contributed by atoms with Gasteiger partial charge in [0.05, 0.1) is 0 Å². The highest BCUT2D eigenvalue weighted by molar-refractivity contribution is 5.71. The van der Waals surface area contributed by atoms with Crippen molar-refractivity contribution >= 4 is 17.9 Å². The van der Waals surface area contributed by atoms with E-state index in [1.165, 1.54) is 180 Å². The van der Waals surface area contributed by atoms with Gasteiger partial charge in [0.2, 0.25) is 0 Å². The Bertz CT molecular complexity index is 1290. The third-order valence-electron chi connectivity index (χ3n) is 13.7. The molecule has 1 unspecified atom stereocenters. The number of carbonyl (C=O) groups is 3. The van der Waals surface area contributed by atoms with Crippen LogP contribution >= 0.6 is 0 Å². The number of allylic oxidation sites excluding steroid dienone is 10. The minimum absolute atomic E-state index is 0.0794. The van der Waals surface area contributed by atoms with Gasteiger partial charge in [0.25, 0.3) is 0 Å². The number of unbranched alkanes of at least 4 members (excludes halogenated alkanes) is 36. The van der Waals surface area contributed by atoms with E-state index in [1.54, 1.807) is 0 Å². The van der Waals surface area contributed by atoms with Gasteiger partial charge in [-0.3, -0.25) is 14.4 Å². The van der Waals surface area contributed by atoms with E-state index < -0.39 is 6.10 Å². The molecule has 0 spiro atoms. The smallest absolute Gasteiger partial charge is 0.306 e. The van der Waals surface area contributed by atoms with Crippen LogP contribution in [0.5, 0.6) is 0 Å². The molecule has 0 aliphatic heterocycles. The Hall–Kier alpha value is -2.89. The molecular weight excluding hydrogens is 889 g/mol. The van der Waals surface area contributed by atoms with E-state index in [4.69, 9.17) is 14.2 Å². The molecule has 0 amide bonds. The van der Waals surface area contributed by atoms with Crippen molar-refractivity contribution in [3.8, 4) is 0 Å². The molecule has 0 radical (unpaired) electrons. The highest BCUT2D eigenvalue weighted by Gasteiger charge is 2.19. The van der Waals surface area contributed by atoms with Crippen LogP contribution in [0.15, 0.2) is 60.8 Å². The zero-order chi connectivity index (χ0) is 52.2. The van der Waals surface area contributed by atoms with E-state index in [0.29, 0.717) is 19.3 Å². The lowest BCUT2D eigenvalue weighted by Crippen LogP contribution is -2.30. The van der Waals surface area contributed by atoms with E-state index >= 15 is 0 Å². The Labute approximate surface area is 447 Å². The molecule has 0 rings (SSSR count). The third-order valence-corrected chi connectivity index (χ3v) is 13.7. The predicted molar refractivity (Wildman–Crippen MR) is 312 cm³/mol. The summed E-state index contributed by atoms with van der Waals surface area (Å²) >= 11 is 0. The third kappa shape index (κ3) is 58.0. The van der Waals surface area contributed by atoms with Gasteiger partial charge in [-0.1, -0.05) is 274 Å². The molecule has 0 aliphatic rings. The van der Waals surface area contributed by atoms with Gasteiger partial charge in [0.1, 0.15) is 13.2 Å². The summed E-state index contributed by atoms with van der Waals surface area (Å²) in [6, 6.07) is 0. The summed E-state index contributed by atoms with van der Waals surface area (Å²) in [5.74, 6) is -0.885. The van der Waals surface area contributed by atoms with E-state index in [0.717, 1.165) is 103 Å². The summed E-state index contributed by atoms with van der Waals surface area (Å²) in [5.41, 5.74) is 0. The first-order valence-electron chi connectivity index (χ1n) is 31.3. The molecule has 0 aromatic rings. The van der Waals surface area contributed by atoms with Crippen molar-refractivity contribution in [2.75, 3.05) is 13.2 Å². The van der Waals surface area contributed by atoms with Gasteiger partial charge < -0.3 is 14.2 Å². The molecular formula is C66H118O6. The molecule has 0 heterocycles. The lowest BCUT2D eigenvalue weighted by atomic mass is 10.0. The van der Waals surface area contributed by atoms with Gasteiger partial charge >= 0.3 is 17.9 Å². The summed E-state index contributed by atoms with van der Waals surface area (Å²) in [7, 11) is 0. The SMILES string of the molecule is CCCCCC/C=C\C/C=C\CCCCCCCC(=O)OC(COC(=O)CCCCCCCCCC/C=C\C/C=C\C/C=C\CCCCCCC)COC(=O)CCCCCCCCCCCCCCCCC. The normalized spacial score (nSPS) is 12.4. The van der Waals surface area contributed by atoms with Crippen molar-refractivity contribution in [1.82, 2.24) is 0 Å². The Morgan fingerprint density at radius 2 is 0.500 bits per heavy atom. The Kier molecular flexibility index (Phi) is 58.2. The molecule has 72 heavy (non-hydrogen) atoms. The monoisotopic (exact) mass is 1010 g/mol. The Balaban J connectivity index is 4.36. The summed E-state index contributed by atoms with van der Waals surface area (Å²) in [4.78, 5) is 38.3. The van der Waals surface area contributed by atoms with Crippen molar-refractivity contribution in [3.63, 3.8) is 0 Å². The van der Waals surface area contributed by atoms with E-state index in [1.807, 2.05) is 0 Å². The first-order valence-corrected chi connectivity index (χ1v) is 31.3. The van der Waals surface area contributed by atoms with Crippen LogP contribution in [-0.4, -0.2) is 37.2 Å². The van der Waals surface area contributed by atoms with Crippen LogP contribution in [0, 0.1) is 0 Å². The van der Waals surface area contributed by atoms with E-state index in [2.05, 4.69) is 81.5 Å². The Morgan fingerprint density at radius 3 is 0.792 bits per heavy atom. The van der Waals surface area contributed by atoms with Gasteiger partial charge in [-0.2, -0.15) is 0 Å². The Morgan fingerprint density at radius 1 is 0.278 bits per heavy atom. The van der Waals surface area contributed by atoms with Crippen LogP contribution in [0.1, 0.15) is 323 Å². The van der Waals surface area contributed by atoms with Crippen LogP contribution < -0.4 is 0 Å². The molecule has 0 fully saturated rings. The molecule has 6 nitrogen and oxygen atoms in total. The quantitative estimate of drug-likeness (QED) is 0.0261. The summed E-state index contributed by atoms with van der Waals surface area (Å²) in [6.07, 6.45) is 76.4.